The van der Waals surface area contributed by atoms with Crippen LogP contribution in [0.5, 0.6) is 0 Å². The normalized spacial score (nSPS) is 20.9. The van der Waals surface area contributed by atoms with Crippen LogP contribution in [0, 0.1) is 17.2 Å². The maximum absolute atomic E-state index is 12.0. The first-order valence-corrected chi connectivity index (χ1v) is 6.36. The zero-order valence-electron chi connectivity index (χ0n) is 10.0. The van der Waals surface area contributed by atoms with Crippen LogP contribution in [0.4, 0.5) is 0 Å². The molecule has 1 atom stereocenters. The maximum atomic E-state index is 12.0. The molecule has 16 heavy (non-hydrogen) atoms. The van der Waals surface area contributed by atoms with Crippen molar-refractivity contribution in [1.29, 1.82) is 5.26 Å². The SMILES string of the molecule is CC(CCl)C(=O)N(C)C1(C#N)CCCCC1. The summed E-state index contributed by atoms with van der Waals surface area (Å²) in [4.78, 5) is 13.7. The third-order valence-corrected chi connectivity index (χ3v) is 3.98. The second-order valence-electron chi connectivity index (χ2n) is 4.66. The first-order chi connectivity index (χ1) is 7.57. The molecule has 0 aromatic heterocycles. The van der Waals surface area contributed by atoms with E-state index in [0.29, 0.717) is 5.88 Å². The molecular formula is C12H19ClN2O. The van der Waals surface area contributed by atoms with Crippen LogP contribution in [0.1, 0.15) is 39.0 Å². The van der Waals surface area contributed by atoms with Crippen LogP contribution in [0.3, 0.4) is 0 Å². The van der Waals surface area contributed by atoms with E-state index in [1.807, 2.05) is 0 Å². The number of halogens is 1. The largest absolute Gasteiger partial charge is 0.327 e. The van der Waals surface area contributed by atoms with Crippen molar-refractivity contribution >= 4 is 17.5 Å². The molecule has 0 N–H and O–H groups in total. The van der Waals surface area contributed by atoms with Crippen molar-refractivity contribution in [1.82, 2.24) is 4.90 Å². The van der Waals surface area contributed by atoms with Crippen molar-refractivity contribution in [3.05, 3.63) is 0 Å². The molecule has 0 aliphatic heterocycles. The number of alkyl halides is 1. The minimum Gasteiger partial charge on any atom is -0.327 e. The van der Waals surface area contributed by atoms with Crippen LogP contribution in [0.15, 0.2) is 0 Å². The predicted molar refractivity (Wildman–Crippen MR) is 64.1 cm³/mol. The molecule has 3 nitrogen and oxygen atoms in total. The summed E-state index contributed by atoms with van der Waals surface area (Å²) in [5.41, 5.74) is -0.588. The number of rotatable bonds is 3. The van der Waals surface area contributed by atoms with Gasteiger partial charge in [-0.25, -0.2) is 0 Å². The molecule has 1 aliphatic rings. The minimum atomic E-state index is -0.588. The fraction of sp³-hybridized carbons (Fsp3) is 0.833. The lowest BCUT2D eigenvalue weighted by Gasteiger charge is -2.40. The molecule has 0 heterocycles. The van der Waals surface area contributed by atoms with Crippen molar-refractivity contribution in [3.63, 3.8) is 0 Å². The highest BCUT2D eigenvalue weighted by Crippen LogP contribution is 2.33. The summed E-state index contributed by atoms with van der Waals surface area (Å²) in [6.45, 7) is 1.81. The first-order valence-electron chi connectivity index (χ1n) is 5.82. The van der Waals surface area contributed by atoms with E-state index in [1.165, 1.54) is 0 Å². The topological polar surface area (TPSA) is 44.1 Å². The lowest BCUT2D eigenvalue weighted by atomic mass is 9.81. The Hall–Kier alpha value is -0.750. The molecule has 0 aromatic carbocycles. The monoisotopic (exact) mass is 242 g/mol. The van der Waals surface area contributed by atoms with Gasteiger partial charge in [0.05, 0.1) is 6.07 Å². The molecule has 1 fully saturated rings. The maximum Gasteiger partial charge on any atom is 0.227 e. The highest BCUT2D eigenvalue weighted by atomic mass is 35.5. The predicted octanol–water partition coefficient (Wildman–Crippen LogP) is 2.55. The van der Waals surface area contributed by atoms with E-state index in [-0.39, 0.29) is 11.8 Å². The quantitative estimate of drug-likeness (QED) is 0.714. The van der Waals surface area contributed by atoms with Crippen LogP contribution in [-0.4, -0.2) is 29.3 Å². The lowest BCUT2D eigenvalue weighted by molar-refractivity contribution is -0.138. The summed E-state index contributed by atoms with van der Waals surface area (Å²) in [5.74, 6) is 0.0854. The Morgan fingerprint density at radius 2 is 2.06 bits per heavy atom. The van der Waals surface area contributed by atoms with Gasteiger partial charge in [0.1, 0.15) is 5.54 Å². The molecule has 0 bridgehead atoms. The summed E-state index contributed by atoms with van der Waals surface area (Å²) in [7, 11) is 1.74. The summed E-state index contributed by atoms with van der Waals surface area (Å²) in [6.07, 6.45) is 4.80. The summed E-state index contributed by atoms with van der Waals surface area (Å²) in [6, 6.07) is 2.34. The fourth-order valence-electron chi connectivity index (χ4n) is 2.27. The molecule has 0 spiro atoms. The van der Waals surface area contributed by atoms with Crippen LogP contribution >= 0.6 is 11.6 Å². The molecular weight excluding hydrogens is 224 g/mol. The molecule has 1 rings (SSSR count). The van der Waals surface area contributed by atoms with Gasteiger partial charge in [0.15, 0.2) is 0 Å². The molecule has 90 valence electrons. The summed E-state index contributed by atoms with van der Waals surface area (Å²) in [5, 5.41) is 9.34. The number of hydrogen-bond donors (Lipinski definition) is 0. The molecule has 1 aliphatic carbocycles. The smallest absolute Gasteiger partial charge is 0.227 e. The Morgan fingerprint density at radius 1 is 1.50 bits per heavy atom. The third kappa shape index (κ3) is 2.49. The van der Waals surface area contributed by atoms with Gasteiger partial charge in [0.2, 0.25) is 5.91 Å². The Labute approximate surface area is 102 Å². The molecule has 0 saturated heterocycles. The van der Waals surface area contributed by atoms with E-state index < -0.39 is 5.54 Å². The Kier molecular flexibility index (Phi) is 4.61. The third-order valence-electron chi connectivity index (χ3n) is 3.51. The molecule has 0 aromatic rings. The minimum absolute atomic E-state index is 0.0153. The number of nitrogens with zero attached hydrogens (tertiary/aromatic N) is 2. The van der Waals surface area contributed by atoms with Gasteiger partial charge in [-0.3, -0.25) is 4.79 Å². The second-order valence-corrected chi connectivity index (χ2v) is 4.97. The van der Waals surface area contributed by atoms with Gasteiger partial charge in [0.25, 0.3) is 0 Å². The summed E-state index contributed by atoms with van der Waals surface area (Å²) < 4.78 is 0. The van der Waals surface area contributed by atoms with E-state index in [1.54, 1.807) is 18.9 Å². The number of nitriles is 1. The average Bonchev–Trinajstić information content (AvgIpc) is 2.36. The molecule has 0 radical (unpaired) electrons. The molecule has 1 amide bonds. The first kappa shape index (κ1) is 13.3. The van der Waals surface area contributed by atoms with Crippen molar-refractivity contribution in [3.8, 4) is 6.07 Å². The zero-order chi connectivity index (χ0) is 12.2. The lowest BCUT2D eigenvalue weighted by Crippen LogP contribution is -2.51. The van der Waals surface area contributed by atoms with E-state index >= 15 is 0 Å². The van der Waals surface area contributed by atoms with Crippen LogP contribution < -0.4 is 0 Å². The van der Waals surface area contributed by atoms with Gasteiger partial charge >= 0.3 is 0 Å². The molecule has 1 saturated carbocycles. The van der Waals surface area contributed by atoms with Gasteiger partial charge in [0, 0.05) is 18.8 Å². The van der Waals surface area contributed by atoms with Crippen molar-refractivity contribution in [2.24, 2.45) is 5.92 Å². The highest BCUT2D eigenvalue weighted by Gasteiger charge is 2.39. The van der Waals surface area contributed by atoms with Crippen LogP contribution in [0.25, 0.3) is 0 Å². The average molecular weight is 243 g/mol. The molecule has 4 heteroatoms. The highest BCUT2D eigenvalue weighted by molar-refractivity contribution is 6.19. The number of hydrogen-bond acceptors (Lipinski definition) is 2. The van der Waals surface area contributed by atoms with Crippen molar-refractivity contribution < 1.29 is 4.79 Å². The number of amides is 1. The Balaban J connectivity index is 2.80. The van der Waals surface area contributed by atoms with Crippen LogP contribution in [0.2, 0.25) is 0 Å². The van der Waals surface area contributed by atoms with Gasteiger partial charge in [-0.15, -0.1) is 11.6 Å². The van der Waals surface area contributed by atoms with Gasteiger partial charge in [-0.05, 0) is 12.8 Å². The zero-order valence-corrected chi connectivity index (χ0v) is 10.8. The van der Waals surface area contributed by atoms with Crippen molar-refractivity contribution in [2.45, 2.75) is 44.6 Å². The fourth-order valence-corrected chi connectivity index (χ4v) is 2.40. The van der Waals surface area contributed by atoms with Gasteiger partial charge in [-0.2, -0.15) is 5.26 Å². The van der Waals surface area contributed by atoms with Gasteiger partial charge in [-0.1, -0.05) is 26.2 Å². The molecule has 1 unspecified atom stereocenters. The van der Waals surface area contributed by atoms with E-state index in [4.69, 9.17) is 11.6 Å². The Bertz CT molecular complexity index is 292. The van der Waals surface area contributed by atoms with E-state index in [9.17, 15) is 10.1 Å². The van der Waals surface area contributed by atoms with Crippen molar-refractivity contribution in [2.75, 3.05) is 12.9 Å². The Morgan fingerprint density at radius 3 is 2.50 bits per heavy atom. The number of carbonyl (C=O) groups excluding carboxylic acids is 1. The van der Waals surface area contributed by atoms with Gasteiger partial charge < -0.3 is 4.90 Å². The standard InChI is InChI=1S/C12H19ClN2O/c1-10(8-13)11(16)15(2)12(9-14)6-4-3-5-7-12/h10H,3-8H2,1-2H3. The second kappa shape index (κ2) is 5.54. The number of carbonyl (C=O) groups is 1. The van der Waals surface area contributed by atoms with E-state index in [0.717, 1.165) is 32.1 Å². The summed E-state index contributed by atoms with van der Waals surface area (Å²) >= 11 is 5.69. The van der Waals surface area contributed by atoms with E-state index in [2.05, 4.69) is 6.07 Å². The van der Waals surface area contributed by atoms with Crippen LogP contribution in [-0.2, 0) is 4.79 Å².